The summed E-state index contributed by atoms with van der Waals surface area (Å²) in [5.74, 6) is -0.0774. The summed E-state index contributed by atoms with van der Waals surface area (Å²) in [4.78, 5) is 26.9. The Kier molecular flexibility index (Phi) is 3.72. The van der Waals surface area contributed by atoms with Crippen molar-refractivity contribution in [2.45, 2.75) is 19.4 Å². The largest absolute Gasteiger partial charge is 0.368 e. The fourth-order valence-corrected chi connectivity index (χ4v) is 2.65. The van der Waals surface area contributed by atoms with E-state index in [1.807, 2.05) is 6.92 Å². The number of carbonyl (C=O) groups excluding carboxylic acids is 1. The van der Waals surface area contributed by atoms with Gasteiger partial charge in [-0.2, -0.15) is 0 Å². The highest BCUT2D eigenvalue weighted by atomic mass is 16.6. The van der Waals surface area contributed by atoms with Crippen molar-refractivity contribution in [2.24, 2.45) is 5.92 Å². The number of nitrogens with zero attached hydrogens (tertiary/aromatic N) is 2. The van der Waals surface area contributed by atoms with Gasteiger partial charge in [-0.25, -0.2) is 4.98 Å². The minimum Gasteiger partial charge on any atom is -0.368 e. The molecule has 1 aromatic heterocycles. The summed E-state index contributed by atoms with van der Waals surface area (Å²) in [6, 6.07) is 6.25. The first kappa shape index (κ1) is 14.4. The standard InChI is InChI=1S/C15H15N3O4/c1-9-6-8-22-14(9)15(19)17-11-4-5-12(18(20)21)13-10(11)3-2-7-16-13/h2-5,7,9,14H,6,8H2,1H3,(H,17,19)/t9-,14+/m0/s1. The molecule has 114 valence electrons. The van der Waals surface area contributed by atoms with Gasteiger partial charge in [0, 0.05) is 24.3 Å². The maximum atomic E-state index is 12.3. The maximum Gasteiger partial charge on any atom is 0.295 e. The molecule has 1 aliphatic heterocycles. The predicted molar refractivity (Wildman–Crippen MR) is 80.5 cm³/mol. The molecule has 0 bridgehead atoms. The quantitative estimate of drug-likeness (QED) is 0.694. The molecule has 0 unspecified atom stereocenters. The van der Waals surface area contributed by atoms with Crippen molar-refractivity contribution in [3.63, 3.8) is 0 Å². The normalized spacial score (nSPS) is 21.0. The monoisotopic (exact) mass is 301 g/mol. The fraction of sp³-hybridized carbons (Fsp3) is 0.333. The van der Waals surface area contributed by atoms with Gasteiger partial charge in [-0.3, -0.25) is 14.9 Å². The lowest BCUT2D eigenvalue weighted by Gasteiger charge is -2.15. The molecule has 1 saturated heterocycles. The van der Waals surface area contributed by atoms with Crippen molar-refractivity contribution in [1.29, 1.82) is 0 Å². The first-order valence-corrected chi connectivity index (χ1v) is 7.02. The van der Waals surface area contributed by atoms with E-state index in [2.05, 4.69) is 10.3 Å². The lowest BCUT2D eigenvalue weighted by atomic mass is 10.0. The summed E-state index contributed by atoms with van der Waals surface area (Å²) in [5, 5.41) is 14.4. The number of hydrogen-bond acceptors (Lipinski definition) is 5. The molecule has 1 fully saturated rings. The Bertz CT molecular complexity index is 747. The fourth-order valence-electron chi connectivity index (χ4n) is 2.65. The molecule has 2 atom stereocenters. The van der Waals surface area contributed by atoms with Crippen molar-refractivity contribution in [3.8, 4) is 0 Å². The number of anilines is 1. The summed E-state index contributed by atoms with van der Waals surface area (Å²) in [7, 11) is 0. The Labute approximate surface area is 126 Å². The topological polar surface area (TPSA) is 94.4 Å². The average Bonchev–Trinajstić information content (AvgIpc) is 2.93. The van der Waals surface area contributed by atoms with E-state index in [1.165, 1.54) is 18.3 Å². The second-order valence-electron chi connectivity index (χ2n) is 5.34. The van der Waals surface area contributed by atoms with Crippen LogP contribution >= 0.6 is 0 Å². The van der Waals surface area contributed by atoms with Crippen LogP contribution in [0.4, 0.5) is 11.4 Å². The molecule has 0 radical (unpaired) electrons. The molecule has 1 aromatic carbocycles. The highest BCUT2D eigenvalue weighted by molar-refractivity contribution is 6.05. The van der Waals surface area contributed by atoms with Crippen LogP contribution in [-0.4, -0.2) is 28.5 Å². The number of hydrogen-bond donors (Lipinski definition) is 1. The van der Waals surface area contributed by atoms with Crippen LogP contribution in [0.25, 0.3) is 10.9 Å². The predicted octanol–water partition coefficient (Wildman–Crippen LogP) is 2.51. The van der Waals surface area contributed by atoms with Gasteiger partial charge in [0.05, 0.1) is 10.6 Å². The van der Waals surface area contributed by atoms with E-state index in [4.69, 9.17) is 4.74 Å². The van der Waals surface area contributed by atoms with E-state index in [0.717, 1.165) is 6.42 Å². The zero-order chi connectivity index (χ0) is 15.7. The molecule has 1 amide bonds. The molecular weight excluding hydrogens is 286 g/mol. The lowest BCUT2D eigenvalue weighted by Crippen LogP contribution is -2.31. The first-order valence-electron chi connectivity index (χ1n) is 7.02. The summed E-state index contributed by atoms with van der Waals surface area (Å²) in [6.45, 7) is 2.54. The van der Waals surface area contributed by atoms with Crippen molar-refractivity contribution >= 4 is 28.2 Å². The van der Waals surface area contributed by atoms with E-state index in [9.17, 15) is 14.9 Å². The third kappa shape index (κ3) is 2.50. The summed E-state index contributed by atoms with van der Waals surface area (Å²) < 4.78 is 5.44. The first-order chi connectivity index (χ1) is 10.6. The van der Waals surface area contributed by atoms with Gasteiger partial charge in [0.2, 0.25) is 0 Å². The molecule has 7 heteroatoms. The zero-order valence-corrected chi connectivity index (χ0v) is 12.0. The van der Waals surface area contributed by atoms with Gasteiger partial charge in [0.15, 0.2) is 0 Å². The van der Waals surface area contributed by atoms with Gasteiger partial charge in [0.25, 0.3) is 11.6 Å². The van der Waals surface area contributed by atoms with Crippen LogP contribution in [0.5, 0.6) is 0 Å². The molecule has 2 heterocycles. The van der Waals surface area contributed by atoms with Crippen molar-refractivity contribution < 1.29 is 14.5 Å². The third-order valence-corrected chi connectivity index (χ3v) is 3.85. The Morgan fingerprint density at radius 1 is 1.45 bits per heavy atom. The van der Waals surface area contributed by atoms with E-state index >= 15 is 0 Å². The molecule has 7 nitrogen and oxygen atoms in total. The lowest BCUT2D eigenvalue weighted by molar-refractivity contribution is -0.383. The molecule has 1 aliphatic rings. The number of pyridine rings is 1. The minimum absolute atomic E-state index is 0.0842. The van der Waals surface area contributed by atoms with Gasteiger partial charge in [-0.15, -0.1) is 0 Å². The SMILES string of the molecule is C[C@H]1CCO[C@H]1C(=O)Nc1ccc([N+](=O)[O-])c2ncccc12. The number of aromatic nitrogens is 1. The van der Waals surface area contributed by atoms with E-state index in [1.54, 1.807) is 12.1 Å². The average molecular weight is 301 g/mol. The molecule has 2 aromatic rings. The van der Waals surface area contributed by atoms with Gasteiger partial charge >= 0.3 is 0 Å². The number of ether oxygens (including phenoxy) is 1. The minimum atomic E-state index is -0.484. The van der Waals surface area contributed by atoms with Gasteiger partial charge in [-0.05, 0) is 30.5 Å². The molecular formula is C15H15N3O4. The Morgan fingerprint density at radius 3 is 2.95 bits per heavy atom. The number of carbonyl (C=O) groups is 1. The van der Waals surface area contributed by atoms with Gasteiger partial charge in [0.1, 0.15) is 11.6 Å². The van der Waals surface area contributed by atoms with E-state index in [0.29, 0.717) is 17.7 Å². The van der Waals surface area contributed by atoms with E-state index in [-0.39, 0.29) is 23.0 Å². The van der Waals surface area contributed by atoms with E-state index < -0.39 is 11.0 Å². The van der Waals surface area contributed by atoms with Crippen LogP contribution in [0.15, 0.2) is 30.5 Å². The number of nitro benzene ring substituents is 1. The Hall–Kier alpha value is -2.54. The summed E-state index contributed by atoms with van der Waals surface area (Å²) >= 11 is 0. The molecule has 3 rings (SSSR count). The number of fused-ring (bicyclic) bond motifs is 1. The number of amides is 1. The van der Waals surface area contributed by atoms with Crippen LogP contribution in [0.1, 0.15) is 13.3 Å². The number of benzene rings is 1. The Balaban J connectivity index is 1.96. The molecule has 22 heavy (non-hydrogen) atoms. The van der Waals surface area contributed by atoms with Crippen LogP contribution in [0.3, 0.4) is 0 Å². The van der Waals surface area contributed by atoms with Crippen molar-refractivity contribution in [2.75, 3.05) is 11.9 Å². The highest BCUT2D eigenvalue weighted by Crippen LogP contribution is 2.30. The summed E-state index contributed by atoms with van der Waals surface area (Å²) in [6.07, 6.45) is 1.85. The number of rotatable bonds is 3. The smallest absolute Gasteiger partial charge is 0.295 e. The second-order valence-corrected chi connectivity index (χ2v) is 5.34. The van der Waals surface area contributed by atoms with Crippen LogP contribution in [0, 0.1) is 16.0 Å². The van der Waals surface area contributed by atoms with Gasteiger partial charge < -0.3 is 10.1 Å². The molecule has 0 spiro atoms. The van der Waals surface area contributed by atoms with Gasteiger partial charge in [-0.1, -0.05) is 6.92 Å². The highest BCUT2D eigenvalue weighted by Gasteiger charge is 2.31. The number of non-ortho nitro benzene ring substituents is 1. The molecule has 0 saturated carbocycles. The molecule has 1 N–H and O–H groups in total. The summed E-state index contributed by atoms with van der Waals surface area (Å²) in [5.41, 5.74) is 0.672. The van der Waals surface area contributed by atoms with Crippen LogP contribution < -0.4 is 5.32 Å². The second kappa shape index (κ2) is 5.69. The molecule has 0 aliphatic carbocycles. The van der Waals surface area contributed by atoms with Crippen molar-refractivity contribution in [3.05, 3.63) is 40.6 Å². The van der Waals surface area contributed by atoms with Crippen LogP contribution in [0.2, 0.25) is 0 Å². The maximum absolute atomic E-state index is 12.3. The Morgan fingerprint density at radius 2 is 2.27 bits per heavy atom. The number of nitro groups is 1. The zero-order valence-electron chi connectivity index (χ0n) is 12.0. The third-order valence-electron chi connectivity index (χ3n) is 3.85. The van der Waals surface area contributed by atoms with Crippen LogP contribution in [-0.2, 0) is 9.53 Å². The number of nitrogens with one attached hydrogen (secondary N) is 1. The van der Waals surface area contributed by atoms with Crippen molar-refractivity contribution in [1.82, 2.24) is 4.98 Å².